The minimum atomic E-state index is -0.150. The first kappa shape index (κ1) is 20.5. The molecule has 2 aromatic carbocycles. The van der Waals surface area contributed by atoms with Crippen LogP contribution in [0, 0.1) is 0 Å². The van der Waals surface area contributed by atoms with E-state index in [0.29, 0.717) is 17.4 Å². The van der Waals surface area contributed by atoms with Gasteiger partial charge in [-0.1, -0.05) is 42.3 Å². The number of piperidine rings is 1. The van der Waals surface area contributed by atoms with Crippen LogP contribution in [-0.2, 0) is 24.4 Å². The van der Waals surface area contributed by atoms with Crippen molar-refractivity contribution in [2.45, 2.75) is 38.9 Å². The van der Waals surface area contributed by atoms with Gasteiger partial charge in [0, 0.05) is 23.7 Å². The summed E-state index contributed by atoms with van der Waals surface area (Å²) in [5, 5.41) is 15.9. The van der Waals surface area contributed by atoms with Crippen molar-refractivity contribution in [3.05, 3.63) is 64.7 Å². The molecule has 0 spiro atoms. The number of halogens is 1. The predicted octanol–water partition coefficient (Wildman–Crippen LogP) is 3.30. The molecule has 1 N–H and O–H groups in total. The maximum atomic E-state index is 12.4. The van der Waals surface area contributed by atoms with Gasteiger partial charge in [0.15, 0.2) is 0 Å². The van der Waals surface area contributed by atoms with Crippen LogP contribution >= 0.6 is 11.6 Å². The summed E-state index contributed by atoms with van der Waals surface area (Å²) in [6.45, 7) is 3.74. The molecule has 0 aliphatic carbocycles. The van der Waals surface area contributed by atoms with Gasteiger partial charge in [0.1, 0.15) is 6.54 Å². The van der Waals surface area contributed by atoms with Gasteiger partial charge in [0.25, 0.3) is 0 Å². The largest absolute Gasteiger partial charge is 0.350 e. The van der Waals surface area contributed by atoms with E-state index in [-0.39, 0.29) is 12.5 Å². The summed E-state index contributed by atoms with van der Waals surface area (Å²) < 4.78 is 0. The SMILES string of the molecule is O=C(Cn1nnc(-c2ccc(Cl)cc2)n1)NCc1ccccc1CN1CCCCC1. The maximum absolute atomic E-state index is 12.4. The Labute approximate surface area is 181 Å². The number of nitrogens with zero attached hydrogens (tertiary/aromatic N) is 5. The predicted molar refractivity (Wildman–Crippen MR) is 116 cm³/mol. The summed E-state index contributed by atoms with van der Waals surface area (Å²) in [5.74, 6) is 0.314. The first-order valence-corrected chi connectivity index (χ1v) is 10.6. The van der Waals surface area contributed by atoms with Crippen molar-refractivity contribution >= 4 is 17.5 Å². The van der Waals surface area contributed by atoms with Crippen LogP contribution in [0.3, 0.4) is 0 Å². The Morgan fingerprint density at radius 3 is 2.50 bits per heavy atom. The molecule has 1 amide bonds. The van der Waals surface area contributed by atoms with Crippen molar-refractivity contribution in [1.82, 2.24) is 30.4 Å². The molecular weight excluding hydrogens is 400 g/mol. The fourth-order valence-electron chi connectivity index (χ4n) is 3.65. The van der Waals surface area contributed by atoms with Crippen molar-refractivity contribution in [3.63, 3.8) is 0 Å². The fraction of sp³-hybridized carbons (Fsp3) is 0.364. The Morgan fingerprint density at radius 1 is 1.00 bits per heavy atom. The number of aromatic nitrogens is 4. The van der Waals surface area contributed by atoms with Gasteiger partial charge in [-0.05, 0) is 66.5 Å². The normalized spacial score (nSPS) is 14.6. The molecule has 0 atom stereocenters. The molecule has 7 nitrogen and oxygen atoms in total. The number of nitrogens with one attached hydrogen (secondary N) is 1. The number of hydrogen-bond acceptors (Lipinski definition) is 5. The van der Waals surface area contributed by atoms with Gasteiger partial charge >= 0.3 is 0 Å². The Morgan fingerprint density at radius 2 is 1.73 bits per heavy atom. The highest BCUT2D eigenvalue weighted by molar-refractivity contribution is 6.30. The van der Waals surface area contributed by atoms with E-state index in [0.717, 1.165) is 30.8 Å². The van der Waals surface area contributed by atoms with Crippen molar-refractivity contribution in [2.75, 3.05) is 13.1 Å². The standard InChI is InChI=1S/C22H25ClN6O/c23-20-10-8-17(9-11-20)22-25-27-29(26-22)16-21(30)24-14-18-6-2-3-7-19(18)15-28-12-4-1-5-13-28/h2-3,6-11H,1,4-5,12-16H2,(H,24,30). The highest BCUT2D eigenvalue weighted by Gasteiger charge is 2.13. The Hall–Kier alpha value is -2.77. The van der Waals surface area contributed by atoms with E-state index < -0.39 is 0 Å². The number of carbonyl (C=O) groups excluding carboxylic acids is 1. The second kappa shape index (κ2) is 9.82. The van der Waals surface area contributed by atoms with Crippen LogP contribution in [0.1, 0.15) is 30.4 Å². The summed E-state index contributed by atoms with van der Waals surface area (Å²) >= 11 is 5.91. The second-order valence-corrected chi connectivity index (χ2v) is 7.97. The number of hydrogen-bond donors (Lipinski definition) is 1. The van der Waals surface area contributed by atoms with E-state index >= 15 is 0 Å². The van der Waals surface area contributed by atoms with E-state index in [1.165, 1.54) is 29.6 Å². The minimum absolute atomic E-state index is 0.0227. The molecule has 3 aromatic rings. The third-order valence-electron chi connectivity index (χ3n) is 5.28. The van der Waals surface area contributed by atoms with Gasteiger partial charge in [-0.15, -0.1) is 10.2 Å². The lowest BCUT2D eigenvalue weighted by Crippen LogP contribution is -2.31. The lowest BCUT2D eigenvalue weighted by molar-refractivity contribution is -0.122. The van der Waals surface area contributed by atoms with Gasteiger partial charge in [-0.25, -0.2) is 0 Å². The van der Waals surface area contributed by atoms with Gasteiger partial charge in [-0.3, -0.25) is 9.69 Å². The van der Waals surface area contributed by atoms with Crippen LogP contribution in [-0.4, -0.2) is 44.1 Å². The Kier molecular flexibility index (Phi) is 6.71. The molecule has 8 heteroatoms. The third kappa shape index (κ3) is 5.43. The monoisotopic (exact) mass is 424 g/mol. The fourth-order valence-corrected chi connectivity index (χ4v) is 3.77. The molecule has 0 saturated carbocycles. The zero-order valence-electron chi connectivity index (χ0n) is 16.8. The van der Waals surface area contributed by atoms with Gasteiger partial charge in [0.2, 0.25) is 11.7 Å². The van der Waals surface area contributed by atoms with Crippen molar-refractivity contribution < 1.29 is 4.79 Å². The van der Waals surface area contributed by atoms with E-state index in [9.17, 15) is 4.79 Å². The molecule has 1 aliphatic rings. The van der Waals surface area contributed by atoms with Crippen LogP contribution in [0.5, 0.6) is 0 Å². The van der Waals surface area contributed by atoms with E-state index in [4.69, 9.17) is 11.6 Å². The van der Waals surface area contributed by atoms with Crippen molar-refractivity contribution in [1.29, 1.82) is 0 Å². The quantitative estimate of drug-likeness (QED) is 0.629. The topological polar surface area (TPSA) is 75.9 Å². The second-order valence-electron chi connectivity index (χ2n) is 7.53. The average Bonchev–Trinajstić information content (AvgIpc) is 3.23. The molecule has 0 radical (unpaired) electrons. The van der Waals surface area contributed by atoms with Crippen LogP contribution in [0.15, 0.2) is 48.5 Å². The summed E-state index contributed by atoms with van der Waals surface area (Å²) in [7, 11) is 0. The molecular formula is C22H25ClN6O. The molecule has 0 unspecified atom stereocenters. The highest BCUT2D eigenvalue weighted by atomic mass is 35.5. The van der Waals surface area contributed by atoms with Crippen molar-refractivity contribution in [3.8, 4) is 11.4 Å². The molecule has 30 heavy (non-hydrogen) atoms. The zero-order valence-corrected chi connectivity index (χ0v) is 17.6. The van der Waals surface area contributed by atoms with E-state index in [2.05, 4.69) is 43.8 Å². The lowest BCUT2D eigenvalue weighted by atomic mass is 10.0. The Bertz CT molecular complexity index is 981. The molecule has 2 heterocycles. The third-order valence-corrected chi connectivity index (χ3v) is 5.53. The minimum Gasteiger partial charge on any atom is -0.350 e. The molecule has 1 aliphatic heterocycles. The van der Waals surface area contributed by atoms with Gasteiger partial charge in [-0.2, -0.15) is 4.80 Å². The smallest absolute Gasteiger partial charge is 0.243 e. The number of benzene rings is 2. The Balaban J connectivity index is 1.32. The number of rotatable bonds is 7. The maximum Gasteiger partial charge on any atom is 0.243 e. The summed E-state index contributed by atoms with van der Waals surface area (Å²) in [5.41, 5.74) is 3.21. The van der Waals surface area contributed by atoms with Gasteiger partial charge in [0.05, 0.1) is 0 Å². The van der Waals surface area contributed by atoms with E-state index in [1.54, 1.807) is 12.1 Å². The number of amides is 1. The van der Waals surface area contributed by atoms with Crippen LogP contribution in [0.4, 0.5) is 0 Å². The molecule has 1 aromatic heterocycles. The highest BCUT2D eigenvalue weighted by Crippen LogP contribution is 2.17. The summed E-state index contributed by atoms with van der Waals surface area (Å²) in [6, 6.07) is 15.5. The molecule has 1 saturated heterocycles. The lowest BCUT2D eigenvalue weighted by Gasteiger charge is -2.27. The number of tetrazole rings is 1. The first-order valence-electron chi connectivity index (χ1n) is 10.3. The number of carbonyl (C=O) groups is 1. The van der Waals surface area contributed by atoms with Crippen LogP contribution < -0.4 is 5.32 Å². The first-order chi connectivity index (χ1) is 14.7. The molecule has 0 bridgehead atoms. The van der Waals surface area contributed by atoms with E-state index in [1.807, 2.05) is 18.2 Å². The average molecular weight is 425 g/mol. The van der Waals surface area contributed by atoms with Crippen LogP contribution in [0.2, 0.25) is 5.02 Å². The van der Waals surface area contributed by atoms with Gasteiger partial charge < -0.3 is 5.32 Å². The molecule has 1 fully saturated rings. The zero-order chi connectivity index (χ0) is 20.8. The van der Waals surface area contributed by atoms with Crippen molar-refractivity contribution in [2.24, 2.45) is 0 Å². The molecule has 156 valence electrons. The van der Waals surface area contributed by atoms with Crippen LogP contribution in [0.25, 0.3) is 11.4 Å². The molecule has 4 rings (SSSR count). The summed E-state index contributed by atoms with van der Waals surface area (Å²) in [6.07, 6.45) is 3.86. The summed E-state index contributed by atoms with van der Waals surface area (Å²) in [4.78, 5) is 16.2. The number of likely N-dealkylation sites (tertiary alicyclic amines) is 1.